The normalized spacial score (nSPS) is 20.2. The van der Waals surface area contributed by atoms with Gasteiger partial charge in [-0.3, -0.25) is 4.68 Å². The van der Waals surface area contributed by atoms with E-state index in [0.717, 1.165) is 5.69 Å². The number of aromatic nitrogens is 4. The van der Waals surface area contributed by atoms with Crippen molar-refractivity contribution in [2.45, 2.75) is 39.0 Å². The number of epoxide rings is 1. The van der Waals surface area contributed by atoms with Crippen molar-refractivity contribution in [3.63, 3.8) is 0 Å². The highest BCUT2D eigenvalue weighted by molar-refractivity contribution is 5.79. The number of aryl methyl sites for hydroxylation is 1. The molecule has 0 aliphatic carbocycles. The van der Waals surface area contributed by atoms with Crippen LogP contribution in [0.25, 0.3) is 11.3 Å². The summed E-state index contributed by atoms with van der Waals surface area (Å²) in [5.74, 6) is -0.797. The third-order valence-corrected chi connectivity index (χ3v) is 7.50. The Balaban J connectivity index is 1.16. The van der Waals surface area contributed by atoms with Gasteiger partial charge < -0.3 is 14.5 Å². The minimum absolute atomic E-state index is 0.0706. The Bertz CT molecular complexity index is 1540. The summed E-state index contributed by atoms with van der Waals surface area (Å²) in [4.78, 5) is 25.7. The molecule has 0 saturated carbocycles. The lowest BCUT2D eigenvalue weighted by Gasteiger charge is -2.37. The largest absolute Gasteiger partial charge is 0.371 e. The number of hydrogen-bond acceptors (Lipinski definition) is 8. The Morgan fingerprint density at radius 1 is 1.20 bits per heavy atom. The number of nitriles is 1. The van der Waals surface area contributed by atoms with Crippen molar-refractivity contribution >= 4 is 18.2 Å². The molecule has 2 fully saturated rings. The summed E-state index contributed by atoms with van der Waals surface area (Å²) >= 11 is 0. The van der Waals surface area contributed by atoms with Gasteiger partial charge in [0.2, 0.25) is 5.95 Å². The molecule has 2 aromatic heterocycles. The van der Waals surface area contributed by atoms with E-state index in [0.29, 0.717) is 63.0 Å². The van der Waals surface area contributed by atoms with E-state index < -0.39 is 17.7 Å². The van der Waals surface area contributed by atoms with Gasteiger partial charge in [0, 0.05) is 55.6 Å². The lowest BCUT2D eigenvalue weighted by molar-refractivity contribution is 0.138. The number of hydrazone groups is 1. The first kappa shape index (κ1) is 25.8. The third kappa shape index (κ3) is 4.64. The van der Waals surface area contributed by atoms with Crippen molar-refractivity contribution in [1.29, 1.82) is 5.26 Å². The van der Waals surface area contributed by atoms with E-state index in [-0.39, 0.29) is 29.0 Å². The van der Waals surface area contributed by atoms with Crippen LogP contribution in [0.2, 0.25) is 0 Å². The zero-order valence-corrected chi connectivity index (χ0v) is 22.1. The molecule has 2 saturated heterocycles. The van der Waals surface area contributed by atoms with Gasteiger partial charge in [0.25, 0.3) is 0 Å². The van der Waals surface area contributed by atoms with E-state index in [2.05, 4.69) is 20.2 Å². The predicted molar refractivity (Wildman–Crippen MR) is 140 cm³/mol. The Morgan fingerprint density at radius 3 is 2.70 bits per heavy atom. The molecule has 40 heavy (non-hydrogen) atoms. The lowest BCUT2D eigenvalue weighted by Crippen LogP contribution is -2.52. The standard InChI is InChI=1S/C27H27F2N9O2/c1-16-23(17(2)37(34-16)14-19-15-40-19)25-21(28)13-31-26(33-25)35-8-10-36(11-9-35)27(39)38-22(6-7-32-38)20-5-3-4-18(12-30)24(20)29/h3-5,7,13,19,22H,6,8-11,14-15H2,1-2H3. The average molecular weight is 548 g/mol. The number of amides is 2. The van der Waals surface area contributed by atoms with E-state index in [1.807, 2.05) is 29.5 Å². The van der Waals surface area contributed by atoms with E-state index in [4.69, 9.17) is 4.74 Å². The van der Waals surface area contributed by atoms with E-state index >= 15 is 0 Å². The van der Waals surface area contributed by atoms with Gasteiger partial charge in [0.1, 0.15) is 23.7 Å². The summed E-state index contributed by atoms with van der Waals surface area (Å²) in [5, 5.41) is 19.2. The molecule has 2 unspecified atom stereocenters. The number of anilines is 1. The SMILES string of the molecule is Cc1nn(CC2CO2)c(C)c1-c1nc(N2CCN(C(=O)N3N=CCC3c3cccc(C#N)c3F)CC2)ncc1F. The average Bonchev–Trinajstić information content (AvgIpc) is 3.57. The van der Waals surface area contributed by atoms with Gasteiger partial charge in [-0.2, -0.15) is 15.5 Å². The van der Waals surface area contributed by atoms with E-state index in [9.17, 15) is 18.8 Å². The molecule has 1 aromatic carbocycles. The topological polar surface area (TPSA) is 119 Å². The number of benzene rings is 1. The predicted octanol–water partition coefficient (Wildman–Crippen LogP) is 3.18. The maximum atomic E-state index is 14.9. The van der Waals surface area contributed by atoms with Crippen LogP contribution in [0.3, 0.4) is 0 Å². The third-order valence-electron chi connectivity index (χ3n) is 7.50. The van der Waals surface area contributed by atoms with Crippen LogP contribution in [0.5, 0.6) is 0 Å². The van der Waals surface area contributed by atoms with Crippen LogP contribution < -0.4 is 4.90 Å². The van der Waals surface area contributed by atoms with Crippen LogP contribution in [0.1, 0.15) is 35.0 Å². The molecule has 0 N–H and O–H groups in total. The first-order valence-corrected chi connectivity index (χ1v) is 13.1. The second-order valence-corrected chi connectivity index (χ2v) is 10.0. The van der Waals surface area contributed by atoms with Gasteiger partial charge in [0.05, 0.1) is 36.6 Å². The Labute approximate surface area is 229 Å². The number of ether oxygens (including phenoxy) is 1. The Hall–Kier alpha value is -4.44. The molecule has 206 valence electrons. The molecule has 5 heterocycles. The molecule has 3 aliphatic rings. The molecule has 0 spiro atoms. The van der Waals surface area contributed by atoms with Crippen molar-refractivity contribution in [2.24, 2.45) is 5.10 Å². The summed E-state index contributed by atoms with van der Waals surface area (Å²) < 4.78 is 36.9. The molecule has 13 heteroatoms. The van der Waals surface area contributed by atoms with Crippen LogP contribution >= 0.6 is 0 Å². The zero-order valence-electron chi connectivity index (χ0n) is 22.1. The van der Waals surface area contributed by atoms with E-state index in [1.165, 1.54) is 17.3 Å². The number of halogens is 2. The summed E-state index contributed by atoms with van der Waals surface area (Å²) in [6, 6.07) is 5.45. The highest BCUT2D eigenvalue weighted by Gasteiger charge is 2.35. The van der Waals surface area contributed by atoms with Gasteiger partial charge in [0.15, 0.2) is 5.82 Å². The summed E-state index contributed by atoms with van der Waals surface area (Å²) in [5.41, 5.74) is 2.51. The van der Waals surface area contributed by atoms with Crippen molar-refractivity contribution in [2.75, 3.05) is 37.7 Å². The Kier molecular flexibility index (Phi) is 6.63. The number of carbonyl (C=O) groups excluding carboxylic acids is 1. The number of hydrogen-bond donors (Lipinski definition) is 0. The number of nitrogens with zero attached hydrogens (tertiary/aromatic N) is 9. The summed E-state index contributed by atoms with van der Waals surface area (Å²) in [6.45, 7) is 6.58. The van der Waals surface area contributed by atoms with Gasteiger partial charge in [-0.1, -0.05) is 12.1 Å². The molecule has 11 nitrogen and oxygen atoms in total. The quantitative estimate of drug-likeness (QED) is 0.450. The second kappa shape index (κ2) is 10.3. The molecular weight excluding hydrogens is 520 g/mol. The first-order chi connectivity index (χ1) is 19.4. The fourth-order valence-corrected chi connectivity index (χ4v) is 5.26. The van der Waals surface area contributed by atoms with Crippen LogP contribution in [-0.2, 0) is 11.3 Å². The number of urea groups is 1. The van der Waals surface area contributed by atoms with Crippen molar-refractivity contribution < 1.29 is 18.3 Å². The fraction of sp³-hybridized carbons (Fsp3) is 0.407. The van der Waals surface area contributed by atoms with Gasteiger partial charge in [-0.25, -0.2) is 28.6 Å². The fourth-order valence-electron chi connectivity index (χ4n) is 5.26. The maximum Gasteiger partial charge on any atom is 0.341 e. The smallest absolute Gasteiger partial charge is 0.341 e. The van der Waals surface area contributed by atoms with Crippen molar-refractivity contribution in [3.05, 3.63) is 58.5 Å². The Morgan fingerprint density at radius 2 is 1.98 bits per heavy atom. The van der Waals surface area contributed by atoms with Crippen molar-refractivity contribution in [3.8, 4) is 17.3 Å². The molecule has 2 amide bonds. The monoisotopic (exact) mass is 547 g/mol. The minimum atomic E-state index is -0.635. The number of piperazine rings is 1. The molecule has 3 aliphatic heterocycles. The molecule has 0 radical (unpaired) electrons. The lowest BCUT2D eigenvalue weighted by atomic mass is 10.0. The van der Waals surface area contributed by atoms with Gasteiger partial charge >= 0.3 is 6.03 Å². The molecule has 6 rings (SSSR count). The van der Waals surface area contributed by atoms with E-state index in [1.54, 1.807) is 23.2 Å². The van der Waals surface area contributed by atoms with Gasteiger partial charge in [-0.05, 0) is 19.9 Å². The second-order valence-electron chi connectivity index (χ2n) is 10.0. The number of carbonyl (C=O) groups is 1. The highest BCUT2D eigenvalue weighted by Crippen LogP contribution is 2.33. The molecule has 3 aromatic rings. The summed E-state index contributed by atoms with van der Waals surface area (Å²) in [6.07, 6.45) is 3.24. The highest BCUT2D eigenvalue weighted by atomic mass is 19.1. The van der Waals surface area contributed by atoms with Crippen LogP contribution in [-0.4, -0.2) is 80.8 Å². The first-order valence-electron chi connectivity index (χ1n) is 13.1. The number of rotatable bonds is 5. The minimum Gasteiger partial charge on any atom is -0.371 e. The molecule has 0 bridgehead atoms. The van der Waals surface area contributed by atoms with Crippen molar-refractivity contribution in [1.82, 2.24) is 29.7 Å². The maximum absolute atomic E-state index is 14.9. The van der Waals surface area contributed by atoms with Gasteiger partial charge in [-0.15, -0.1) is 0 Å². The van der Waals surface area contributed by atoms with Crippen LogP contribution in [0.4, 0.5) is 19.5 Å². The zero-order chi connectivity index (χ0) is 28.0. The van der Waals surface area contributed by atoms with Crippen LogP contribution in [0, 0.1) is 36.8 Å². The molecular formula is C27H27F2N9O2. The molecule has 2 atom stereocenters. The van der Waals surface area contributed by atoms with Crippen LogP contribution in [0.15, 0.2) is 29.5 Å². The summed E-state index contributed by atoms with van der Waals surface area (Å²) in [7, 11) is 0.